The summed E-state index contributed by atoms with van der Waals surface area (Å²) in [6.45, 7) is 5.65. The van der Waals surface area contributed by atoms with Crippen molar-refractivity contribution in [2.45, 2.75) is 70.3 Å². The second-order valence-corrected chi connectivity index (χ2v) is 9.59. The van der Waals surface area contributed by atoms with Crippen molar-refractivity contribution in [3.05, 3.63) is 29.7 Å². The lowest BCUT2D eigenvalue weighted by atomic mass is 10.0. The average Bonchev–Trinajstić information content (AvgIpc) is 3.60. The lowest BCUT2D eigenvalue weighted by molar-refractivity contribution is 0.0304. The van der Waals surface area contributed by atoms with Crippen molar-refractivity contribution in [1.29, 1.82) is 0 Å². The number of alkyl carbamates (subject to hydrolysis) is 1. The van der Waals surface area contributed by atoms with Crippen LogP contribution in [0.1, 0.15) is 56.8 Å². The molecule has 4 heterocycles. The van der Waals surface area contributed by atoms with Crippen LogP contribution in [0.2, 0.25) is 0 Å². The highest BCUT2D eigenvalue weighted by Crippen LogP contribution is 2.36. The highest BCUT2D eigenvalue weighted by Gasteiger charge is 2.30. The van der Waals surface area contributed by atoms with Crippen LogP contribution in [0.4, 0.5) is 16.4 Å². The van der Waals surface area contributed by atoms with Gasteiger partial charge in [-0.25, -0.2) is 9.78 Å². The molecule has 2 aliphatic rings. The lowest BCUT2D eigenvalue weighted by Gasteiger charge is -2.14. The van der Waals surface area contributed by atoms with Crippen LogP contribution in [0, 0.1) is 0 Å². The van der Waals surface area contributed by atoms with E-state index in [0.717, 1.165) is 54.6 Å². The van der Waals surface area contributed by atoms with Gasteiger partial charge in [-0.15, -0.1) is 0 Å². The summed E-state index contributed by atoms with van der Waals surface area (Å²) in [6.07, 6.45) is 4.92. The van der Waals surface area contributed by atoms with Gasteiger partial charge >= 0.3 is 6.09 Å². The van der Waals surface area contributed by atoms with Gasteiger partial charge in [0.05, 0.1) is 25.0 Å². The van der Waals surface area contributed by atoms with Gasteiger partial charge < -0.3 is 24.8 Å². The summed E-state index contributed by atoms with van der Waals surface area (Å²) < 4.78 is 18.8. The van der Waals surface area contributed by atoms with Gasteiger partial charge in [-0.3, -0.25) is 9.78 Å². The number of amides is 1. The van der Waals surface area contributed by atoms with E-state index in [1.807, 2.05) is 37.7 Å². The second-order valence-electron chi connectivity index (χ2n) is 9.59. The second kappa shape index (κ2) is 10.2. The number of carbonyl (C=O) groups excluding carboxylic acids is 1. The first-order valence-corrected chi connectivity index (χ1v) is 12.3. The van der Waals surface area contributed by atoms with Crippen molar-refractivity contribution < 1.29 is 19.0 Å². The molecular weight excluding hydrogens is 450 g/mol. The van der Waals surface area contributed by atoms with Crippen molar-refractivity contribution in [1.82, 2.24) is 30.3 Å². The number of rotatable bonds is 8. The number of hydrogen-bond donors (Lipinski definition) is 3. The van der Waals surface area contributed by atoms with Crippen molar-refractivity contribution in [2.75, 3.05) is 18.5 Å². The van der Waals surface area contributed by atoms with Crippen molar-refractivity contribution in [3.63, 3.8) is 0 Å². The molecular formula is C24H33N7O4. The Morgan fingerprint density at radius 3 is 3.00 bits per heavy atom. The van der Waals surface area contributed by atoms with Crippen LogP contribution in [0.5, 0.6) is 0 Å². The molecule has 1 unspecified atom stereocenters. The van der Waals surface area contributed by atoms with E-state index in [1.54, 1.807) is 6.20 Å². The number of carbonyl (C=O) groups is 1. The lowest BCUT2D eigenvalue weighted by Crippen LogP contribution is -2.33. The Labute approximate surface area is 203 Å². The van der Waals surface area contributed by atoms with Crippen LogP contribution < -0.4 is 10.6 Å². The maximum atomic E-state index is 11.9. The summed E-state index contributed by atoms with van der Waals surface area (Å²) in [6, 6.07) is 4.02. The van der Waals surface area contributed by atoms with E-state index < -0.39 is 0 Å². The topological polar surface area (TPSA) is 128 Å². The molecule has 5 rings (SSSR count). The Kier molecular flexibility index (Phi) is 6.87. The summed E-state index contributed by atoms with van der Waals surface area (Å²) in [7, 11) is 1.90. The molecule has 11 nitrogen and oxygen atoms in total. The number of fused-ring (bicyclic) bond motifs is 1. The molecule has 0 spiro atoms. The number of ether oxygens (including phenoxy) is 3. The van der Waals surface area contributed by atoms with Gasteiger partial charge in [0.25, 0.3) is 0 Å². The zero-order valence-corrected chi connectivity index (χ0v) is 20.4. The summed E-state index contributed by atoms with van der Waals surface area (Å²) in [5.74, 6) is 1.63. The average molecular weight is 484 g/mol. The van der Waals surface area contributed by atoms with Crippen LogP contribution in [-0.4, -0.2) is 62.5 Å². The van der Waals surface area contributed by atoms with Crippen LogP contribution in [0.25, 0.3) is 10.9 Å². The first kappa shape index (κ1) is 23.6. The fourth-order valence-corrected chi connectivity index (χ4v) is 4.82. The molecule has 3 N–H and O–H groups in total. The highest BCUT2D eigenvalue weighted by molar-refractivity contribution is 5.91. The Bertz CT molecular complexity index is 1170. The minimum absolute atomic E-state index is 0.0592. The number of H-pyrrole nitrogens is 1. The zero-order valence-electron chi connectivity index (χ0n) is 20.4. The Hall–Kier alpha value is -3.18. The van der Waals surface area contributed by atoms with E-state index in [9.17, 15) is 4.79 Å². The highest BCUT2D eigenvalue weighted by atomic mass is 16.6. The van der Waals surface area contributed by atoms with Gasteiger partial charge in [0.2, 0.25) is 0 Å². The number of anilines is 2. The molecule has 35 heavy (non-hydrogen) atoms. The monoisotopic (exact) mass is 483 g/mol. The predicted molar refractivity (Wildman–Crippen MR) is 130 cm³/mol. The number of aromatic nitrogens is 5. The van der Waals surface area contributed by atoms with Crippen LogP contribution in [0.3, 0.4) is 0 Å². The summed E-state index contributed by atoms with van der Waals surface area (Å²) in [5.41, 5.74) is 2.79. The van der Waals surface area contributed by atoms with E-state index in [2.05, 4.69) is 30.9 Å². The summed E-state index contributed by atoms with van der Waals surface area (Å²) in [4.78, 5) is 16.5. The number of hydrogen-bond acceptors (Lipinski definition) is 8. The zero-order chi connectivity index (χ0) is 24.4. The third-order valence-electron chi connectivity index (χ3n) is 6.52. The number of aryl methyl sites for hydroxylation is 1. The van der Waals surface area contributed by atoms with Gasteiger partial charge in [0.1, 0.15) is 11.6 Å². The molecule has 1 aliphatic carbocycles. The smallest absolute Gasteiger partial charge is 0.407 e. The molecule has 3 aromatic heterocycles. The van der Waals surface area contributed by atoms with E-state index in [4.69, 9.17) is 14.2 Å². The molecule has 1 saturated heterocycles. The summed E-state index contributed by atoms with van der Waals surface area (Å²) >= 11 is 0. The molecule has 2 fully saturated rings. The van der Waals surface area contributed by atoms with Gasteiger partial charge in [-0.2, -0.15) is 10.2 Å². The molecule has 1 aliphatic heterocycles. The Morgan fingerprint density at radius 1 is 1.31 bits per heavy atom. The largest absolute Gasteiger partial charge is 0.446 e. The third kappa shape index (κ3) is 5.40. The molecule has 0 bridgehead atoms. The molecule has 1 amide bonds. The number of nitrogens with one attached hydrogen (secondary N) is 3. The maximum Gasteiger partial charge on any atom is 0.407 e. The predicted octanol–water partition coefficient (Wildman–Crippen LogP) is 3.51. The van der Waals surface area contributed by atoms with Crippen LogP contribution in [-0.2, 0) is 27.9 Å². The molecule has 0 radical (unpaired) electrons. The first-order valence-electron chi connectivity index (χ1n) is 12.3. The van der Waals surface area contributed by atoms with Crippen LogP contribution >= 0.6 is 0 Å². The fourth-order valence-electron chi connectivity index (χ4n) is 4.82. The van der Waals surface area contributed by atoms with Crippen molar-refractivity contribution in [3.8, 4) is 0 Å². The molecule has 3 atom stereocenters. The van der Waals surface area contributed by atoms with Gasteiger partial charge in [0, 0.05) is 49.0 Å². The first-order chi connectivity index (χ1) is 17.0. The Morgan fingerprint density at radius 2 is 2.20 bits per heavy atom. The van der Waals surface area contributed by atoms with Crippen molar-refractivity contribution in [2.24, 2.45) is 7.05 Å². The molecule has 3 aromatic rings. The van der Waals surface area contributed by atoms with Gasteiger partial charge in [-0.1, -0.05) is 0 Å². The minimum atomic E-state index is -0.352. The normalized spacial score (nSPS) is 22.2. The van der Waals surface area contributed by atoms with Gasteiger partial charge in [-0.05, 0) is 45.6 Å². The van der Waals surface area contributed by atoms with E-state index >= 15 is 0 Å². The SMILES string of the molecule is CC(C)NC(=O)O[C@@H]1CC[C@H](c2cc(Nc3nccc4c(COC5CCOC5)nn(C)c34)n[nH]2)C1. The molecule has 188 valence electrons. The van der Waals surface area contributed by atoms with E-state index in [0.29, 0.717) is 24.8 Å². The van der Waals surface area contributed by atoms with Gasteiger partial charge in [0.15, 0.2) is 11.6 Å². The quantitative estimate of drug-likeness (QED) is 0.444. The molecule has 0 aromatic carbocycles. The van der Waals surface area contributed by atoms with Crippen LogP contribution in [0.15, 0.2) is 18.3 Å². The minimum Gasteiger partial charge on any atom is -0.446 e. The molecule has 11 heteroatoms. The maximum absolute atomic E-state index is 11.9. The number of aromatic amines is 1. The number of nitrogens with zero attached hydrogens (tertiary/aromatic N) is 4. The molecule has 1 saturated carbocycles. The van der Waals surface area contributed by atoms with E-state index in [1.165, 1.54) is 0 Å². The Balaban J connectivity index is 1.24. The number of pyridine rings is 1. The summed E-state index contributed by atoms with van der Waals surface area (Å²) in [5, 5.41) is 19.4. The fraction of sp³-hybridized carbons (Fsp3) is 0.583. The standard InChI is InChI=1S/C24H33N7O4/c1-14(2)26-24(32)35-16-5-4-15(10-16)19-11-21(29-28-19)27-23-22-18(6-8-25-23)20(30-31(22)3)13-34-17-7-9-33-12-17/h6,8,11,14-17H,4-5,7,9-10,12-13H2,1-3H3,(H,26,32)(H2,25,27,28,29)/t15-,16+,17?/m0/s1. The van der Waals surface area contributed by atoms with Crippen molar-refractivity contribution >= 4 is 28.6 Å². The third-order valence-corrected chi connectivity index (χ3v) is 6.52. The van der Waals surface area contributed by atoms with E-state index in [-0.39, 0.29) is 30.3 Å².